The van der Waals surface area contributed by atoms with Crippen molar-refractivity contribution in [3.8, 4) is 11.3 Å². The molecule has 3 rings (SSSR count). The Balaban J connectivity index is 1.62. The Morgan fingerprint density at radius 1 is 1.00 bits per heavy atom. The Labute approximate surface area is 169 Å². The van der Waals surface area contributed by atoms with Crippen molar-refractivity contribution in [3.63, 3.8) is 0 Å². The summed E-state index contributed by atoms with van der Waals surface area (Å²) in [6.07, 6.45) is 1.23. The van der Waals surface area contributed by atoms with E-state index in [1.807, 2.05) is 6.92 Å². The zero-order valence-corrected chi connectivity index (χ0v) is 16.8. The maximum Gasteiger partial charge on any atom is 0.266 e. The fourth-order valence-corrected chi connectivity index (χ4v) is 3.88. The van der Waals surface area contributed by atoms with Crippen LogP contribution in [-0.4, -0.2) is 24.7 Å². The summed E-state index contributed by atoms with van der Waals surface area (Å²) in [4.78, 5) is 12.2. The highest BCUT2D eigenvalue weighted by atomic mass is 32.2. The Hall–Kier alpha value is -2.84. The molecule has 0 atom stereocenters. The molecule has 1 heterocycles. The smallest absolute Gasteiger partial charge is 0.266 e. The predicted molar refractivity (Wildman–Crippen MR) is 110 cm³/mol. The van der Waals surface area contributed by atoms with Crippen molar-refractivity contribution in [2.45, 2.75) is 31.2 Å². The summed E-state index contributed by atoms with van der Waals surface area (Å²) < 4.78 is 41.6. The van der Waals surface area contributed by atoms with Crippen LogP contribution in [0.5, 0.6) is 0 Å². The normalized spacial score (nSPS) is 11.5. The van der Waals surface area contributed by atoms with E-state index in [1.54, 1.807) is 42.5 Å². The molecule has 29 heavy (non-hydrogen) atoms. The first kappa shape index (κ1) is 20.9. The average Bonchev–Trinajstić information content (AvgIpc) is 2.73. The molecule has 0 saturated carbocycles. The molecule has 2 aromatic carbocycles. The second kappa shape index (κ2) is 9.11. The van der Waals surface area contributed by atoms with Gasteiger partial charge < -0.3 is 0 Å². The summed E-state index contributed by atoms with van der Waals surface area (Å²) in [7, 11) is -3.60. The number of benzene rings is 2. The third kappa shape index (κ3) is 5.36. The standard InChI is InChI=1S/C21H22FN3O3S/c1-2-16-4-10-19(11-5-16)29(27,28)23-14-3-15-25-21(26)13-12-20(24-25)17-6-8-18(22)9-7-17/h4-13,23H,2-3,14-15H2,1H3. The molecule has 8 heteroatoms. The molecule has 0 aliphatic heterocycles. The molecule has 0 radical (unpaired) electrons. The van der Waals surface area contributed by atoms with Gasteiger partial charge in [-0.3, -0.25) is 4.79 Å². The Kier molecular flexibility index (Phi) is 6.56. The SMILES string of the molecule is CCc1ccc(S(=O)(=O)NCCCn2nc(-c3ccc(F)cc3)ccc2=O)cc1. The van der Waals surface area contributed by atoms with Crippen molar-refractivity contribution >= 4 is 10.0 Å². The van der Waals surface area contributed by atoms with Crippen LogP contribution < -0.4 is 10.3 Å². The molecule has 0 fully saturated rings. The first-order valence-electron chi connectivity index (χ1n) is 9.32. The van der Waals surface area contributed by atoms with Crippen LogP contribution in [0.15, 0.2) is 70.4 Å². The first-order valence-corrected chi connectivity index (χ1v) is 10.8. The maximum atomic E-state index is 13.1. The summed E-state index contributed by atoms with van der Waals surface area (Å²) in [6, 6.07) is 15.5. The minimum Gasteiger partial charge on any atom is -0.268 e. The third-order valence-corrected chi connectivity index (χ3v) is 5.96. The minimum absolute atomic E-state index is 0.173. The van der Waals surface area contributed by atoms with Gasteiger partial charge in [-0.1, -0.05) is 19.1 Å². The number of sulfonamides is 1. The highest BCUT2D eigenvalue weighted by Crippen LogP contribution is 2.15. The van der Waals surface area contributed by atoms with Gasteiger partial charge in [-0.25, -0.2) is 22.2 Å². The van der Waals surface area contributed by atoms with Gasteiger partial charge >= 0.3 is 0 Å². The van der Waals surface area contributed by atoms with Crippen LogP contribution in [0, 0.1) is 5.82 Å². The number of nitrogens with zero attached hydrogens (tertiary/aromatic N) is 2. The molecule has 0 amide bonds. The molecule has 0 saturated heterocycles. The van der Waals surface area contributed by atoms with Crippen molar-refractivity contribution in [2.24, 2.45) is 0 Å². The number of nitrogens with one attached hydrogen (secondary N) is 1. The molecule has 0 spiro atoms. The quantitative estimate of drug-likeness (QED) is 0.574. The van der Waals surface area contributed by atoms with E-state index in [4.69, 9.17) is 0 Å². The van der Waals surface area contributed by atoms with Crippen LogP contribution in [0.2, 0.25) is 0 Å². The predicted octanol–water partition coefficient (Wildman–Crippen LogP) is 2.98. The second-order valence-corrected chi connectivity index (χ2v) is 8.30. The van der Waals surface area contributed by atoms with Crippen LogP contribution >= 0.6 is 0 Å². The minimum atomic E-state index is -3.60. The monoisotopic (exact) mass is 415 g/mol. The zero-order valence-electron chi connectivity index (χ0n) is 16.0. The van der Waals surface area contributed by atoms with E-state index in [0.717, 1.165) is 12.0 Å². The lowest BCUT2D eigenvalue weighted by molar-refractivity contribution is 0.536. The van der Waals surface area contributed by atoms with E-state index in [9.17, 15) is 17.6 Å². The van der Waals surface area contributed by atoms with Gasteiger partial charge in [-0.15, -0.1) is 0 Å². The number of aryl methyl sites for hydroxylation is 2. The lowest BCUT2D eigenvalue weighted by Gasteiger charge is -2.09. The van der Waals surface area contributed by atoms with E-state index in [2.05, 4.69) is 9.82 Å². The van der Waals surface area contributed by atoms with Gasteiger partial charge in [0.2, 0.25) is 10.0 Å². The van der Waals surface area contributed by atoms with E-state index in [-0.39, 0.29) is 29.4 Å². The molecule has 1 aromatic heterocycles. The summed E-state index contributed by atoms with van der Waals surface area (Å²) in [5, 5.41) is 4.29. The number of hydrogen-bond donors (Lipinski definition) is 1. The van der Waals surface area contributed by atoms with Gasteiger partial charge in [-0.2, -0.15) is 5.10 Å². The van der Waals surface area contributed by atoms with Crippen LogP contribution in [0.1, 0.15) is 18.9 Å². The Morgan fingerprint density at radius 3 is 2.34 bits per heavy atom. The first-order chi connectivity index (χ1) is 13.9. The van der Waals surface area contributed by atoms with Crippen molar-refractivity contribution < 1.29 is 12.8 Å². The Bertz CT molecular complexity index is 1130. The summed E-state index contributed by atoms with van der Waals surface area (Å²) >= 11 is 0. The lowest BCUT2D eigenvalue weighted by atomic mass is 10.1. The summed E-state index contributed by atoms with van der Waals surface area (Å²) in [5.74, 6) is -0.348. The van der Waals surface area contributed by atoms with Gasteiger partial charge in [0.1, 0.15) is 5.82 Å². The fourth-order valence-electron chi connectivity index (χ4n) is 2.81. The highest BCUT2D eigenvalue weighted by molar-refractivity contribution is 7.89. The van der Waals surface area contributed by atoms with E-state index < -0.39 is 10.0 Å². The van der Waals surface area contributed by atoms with Crippen molar-refractivity contribution in [1.29, 1.82) is 0 Å². The van der Waals surface area contributed by atoms with Crippen molar-refractivity contribution in [1.82, 2.24) is 14.5 Å². The average molecular weight is 415 g/mol. The van der Waals surface area contributed by atoms with Gasteiger partial charge in [0, 0.05) is 24.7 Å². The molecule has 3 aromatic rings. The molecule has 0 aliphatic carbocycles. The molecule has 0 unspecified atom stereocenters. The molecule has 1 N–H and O–H groups in total. The second-order valence-electron chi connectivity index (χ2n) is 6.54. The summed E-state index contributed by atoms with van der Waals surface area (Å²) in [5.41, 5.74) is 2.02. The number of aromatic nitrogens is 2. The maximum absolute atomic E-state index is 13.1. The van der Waals surface area contributed by atoms with Crippen LogP contribution in [0.3, 0.4) is 0 Å². The van der Waals surface area contributed by atoms with E-state index in [1.165, 1.54) is 22.9 Å². The molecular formula is C21H22FN3O3S. The molecule has 0 bridgehead atoms. The summed E-state index contributed by atoms with van der Waals surface area (Å²) in [6.45, 7) is 2.43. The molecular weight excluding hydrogens is 393 g/mol. The van der Waals surface area contributed by atoms with Gasteiger partial charge in [-0.05, 0) is 60.9 Å². The Morgan fingerprint density at radius 2 is 1.69 bits per heavy atom. The zero-order chi connectivity index (χ0) is 20.9. The number of halogens is 1. The lowest BCUT2D eigenvalue weighted by Crippen LogP contribution is -2.28. The number of rotatable bonds is 8. The van der Waals surface area contributed by atoms with E-state index in [0.29, 0.717) is 17.7 Å². The van der Waals surface area contributed by atoms with Gasteiger partial charge in [0.05, 0.1) is 10.6 Å². The molecule has 0 aliphatic rings. The van der Waals surface area contributed by atoms with Gasteiger partial charge in [0.15, 0.2) is 0 Å². The topological polar surface area (TPSA) is 81.1 Å². The fraction of sp³-hybridized carbons (Fsp3) is 0.238. The third-order valence-electron chi connectivity index (χ3n) is 4.49. The van der Waals surface area contributed by atoms with Crippen molar-refractivity contribution in [3.05, 3.63) is 82.4 Å². The van der Waals surface area contributed by atoms with Crippen LogP contribution in [0.25, 0.3) is 11.3 Å². The number of hydrogen-bond acceptors (Lipinski definition) is 4. The van der Waals surface area contributed by atoms with Crippen LogP contribution in [-0.2, 0) is 23.0 Å². The molecule has 6 nitrogen and oxygen atoms in total. The molecule has 152 valence electrons. The van der Waals surface area contributed by atoms with Gasteiger partial charge in [0.25, 0.3) is 5.56 Å². The van der Waals surface area contributed by atoms with E-state index >= 15 is 0 Å². The highest BCUT2D eigenvalue weighted by Gasteiger charge is 2.13. The largest absolute Gasteiger partial charge is 0.268 e. The van der Waals surface area contributed by atoms with Crippen LogP contribution in [0.4, 0.5) is 4.39 Å². The van der Waals surface area contributed by atoms with Crippen molar-refractivity contribution in [2.75, 3.05) is 6.54 Å².